The van der Waals surface area contributed by atoms with Crippen molar-refractivity contribution >= 4 is 57.3 Å². The molecular weight excluding hydrogens is 428 g/mol. The molecule has 0 atom stereocenters. The van der Waals surface area contributed by atoms with E-state index in [2.05, 4.69) is 20.8 Å². The van der Waals surface area contributed by atoms with Crippen molar-refractivity contribution in [3.63, 3.8) is 0 Å². The number of halogens is 1. The van der Waals surface area contributed by atoms with Gasteiger partial charge in [-0.2, -0.15) is 0 Å². The highest BCUT2D eigenvalue weighted by Gasteiger charge is 2.13. The van der Waals surface area contributed by atoms with E-state index in [1.807, 2.05) is 45.0 Å². The number of carbonyl (C=O) groups excluding carboxylic acids is 2. The van der Waals surface area contributed by atoms with Crippen molar-refractivity contribution in [2.45, 2.75) is 25.1 Å². The SMILES string of the molecule is Cc1cc(C)cc(C(=O)Nc2nnc(SCC(=O)Nc3ccc(C)c(Cl)c3)s2)c1. The van der Waals surface area contributed by atoms with Crippen molar-refractivity contribution in [1.29, 1.82) is 0 Å². The summed E-state index contributed by atoms with van der Waals surface area (Å²) in [5.41, 5.74) is 4.20. The zero-order valence-corrected chi connectivity index (χ0v) is 18.5. The minimum Gasteiger partial charge on any atom is -0.325 e. The zero-order valence-electron chi connectivity index (χ0n) is 16.1. The number of nitrogens with one attached hydrogen (secondary N) is 2. The Morgan fingerprint density at radius 3 is 2.45 bits per heavy atom. The quantitative estimate of drug-likeness (QED) is 0.406. The summed E-state index contributed by atoms with van der Waals surface area (Å²) in [5, 5.41) is 14.5. The molecular formula is C20H19ClN4O2S2. The van der Waals surface area contributed by atoms with Gasteiger partial charge in [0, 0.05) is 16.3 Å². The molecule has 1 aromatic heterocycles. The minimum atomic E-state index is -0.238. The Hall–Kier alpha value is -2.42. The molecule has 150 valence electrons. The monoisotopic (exact) mass is 446 g/mol. The van der Waals surface area contributed by atoms with Gasteiger partial charge in [-0.1, -0.05) is 58.0 Å². The Morgan fingerprint density at radius 2 is 1.76 bits per heavy atom. The summed E-state index contributed by atoms with van der Waals surface area (Å²) < 4.78 is 0.595. The number of aryl methyl sites for hydroxylation is 3. The number of amides is 2. The lowest BCUT2D eigenvalue weighted by Crippen LogP contribution is -2.13. The largest absolute Gasteiger partial charge is 0.325 e. The topological polar surface area (TPSA) is 84.0 Å². The number of carbonyl (C=O) groups is 2. The molecule has 9 heteroatoms. The molecule has 0 radical (unpaired) electrons. The smallest absolute Gasteiger partial charge is 0.257 e. The van der Waals surface area contributed by atoms with Crippen LogP contribution in [0.3, 0.4) is 0 Å². The molecule has 3 aromatic rings. The van der Waals surface area contributed by atoms with Crippen LogP contribution < -0.4 is 10.6 Å². The fraction of sp³-hybridized carbons (Fsp3) is 0.200. The molecule has 0 fully saturated rings. The van der Waals surface area contributed by atoms with E-state index in [1.54, 1.807) is 12.1 Å². The van der Waals surface area contributed by atoms with Crippen molar-refractivity contribution < 1.29 is 9.59 Å². The molecule has 0 unspecified atom stereocenters. The van der Waals surface area contributed by atoms with Gasteiger partial charge < -0.3 is 5.32 Å². The Kier molecular flexibility index (Phi) is 6.89. The summed E-state index contributed by atoms with van der Waals surface area (Å²) in [5.74, 6) is -0.241. The molecule has 0 saturated carbocycles. The molecule has 0 aliphatic carbocycles. The summed E-state index contributed by atoms with van der Waals surface area (Å²) >= 11 is 8.55. The van der Waals surface area contributed by atoms with Crippen LogP contribution in [0.15, 0.2) is 40.7 Å². The standard InChI is InChI=1S/C20H19ClN4O2S2/c1-11-6-12(2)8-14(7-11)18(27)23-19-24-25-20(29-19)28-10-17(26)22-15-5-4-13(3)16(21)9-15/h4-9H,10H2,1-3H3,(H,22,26)(H,23,24,27). The van der Waals surface area contributed by atoms with Crippen LogP contribution in [0.5, 0.6) is 0 Å². The first-order chi connectivity index (χ1) is 13.8. The summed E-state index contributed by atoms with van der Waals surface area (Å²) in [6.45, 7) is 5.79. The average Bonchev–Trinajstić information content (AvgIpc) is 3.09. The molecule has 0 bridgehead atoms. The molecule has 0 saturated heterocycles. The van der Waals surface area contributed by atoms with E-state index in [-0.39, 0.29) is 17.6 Å². The van der Waals surface area contributed by atoms with Crippen molar-refractivity contribution in [2.24, 2.45) is 0 Å². The van der Waals surface area contributed by atoms with Gasteiger partial charge in [0.05, 0.1) is 5.75 Å². The highest BCUT2D eigenvalue weighted by Crippen LogP contribution is 2.26. The lowest BCUT2D eigenvalue weighted by atomic mass is 10.1. The predicted molar refractivity (Wildman–Crippen MR) is 119 cm³/mol. The maximum absolute atomic E-state index is 12.4. The van der Waals surface area contributed by atoms with E-state index in [0.29, 0.717) is 25.7 Å². The first kappa shape index (κ1) is 21.3. The Labute approximate surface area is 182 Å². The van der Waals surface area contributed by atoms with Crippen LogP contribution >= 0.6 is 34.7 Å². The van der Waals surface area contributed by atoms with Crippen molar-refractivity contribution in [2.75, 3.05) is 16.4 Å². The fourth-order valence-electron chi connectivity index (χ4n) is 2.59. The van der Waals surface area contributed by atoms with E-state index in [4.69, 9.17) is 11.6 Å². The summed E-state index contributed by atoms with van der Waals surface area (Å²) in [6, 6.07) is 11.0. The number of aromatic nitrogens is 2. The van der Waals surface area contributed by atoms with Crippen LogP contribution in [0, 0.1) is 20.8 Å². The molecule has 3 rings (SSSR count). The van der Waals surface area contributed by atoms with E-state index < -0.39 is 0 Å². The van der Waals surface area contributed by atoms with Crippen molar-refractivity contribution in [3.8, 4) is 0 Å². The Bertz CT molecular complexity index is 1050. The molecule has 6 nitrogen and oxygen atoms in total. The number of nitrogens with zero attached hydrogens (tertiary/aromatic N) is 2. The zero-order chi connectivity index (χ0) is 21.0. The van der Waals surface area contributed by atoms with Gasteiger partial charge in [0.1, 0.15) is 0 Å². The Morgan fingerprint density at radius 1 is 1.03 bits per heavy atom. The summed E-state index contributed by atoms with van der Waals surface area (Å²) in [4.78, 5) is 24.5. The van der Waals surface area contributed by atoms with Crippen molar-refractivity contribution in [3.05, 3.63) is 63.7 Å². The van der Waals surface area contributed by atoms with Gasteiger partial charge in [-0.25, -0.2) is 0 Å². The lowest BCUT2D eigenvalue weighted by Gasteiger charge is -2.06. The fourth-order valence-corrected chi connectivity index (χ4v) is 4.32. The number of anilines is 2. The van der Waals surface area contributed by atoms with Crippen LogP contribution in [0.2, 0.25) is 5.02 Å². The highest BCUT2D eigenvalue weighted by molar-refractivity contribution is 8.01. The third kappa shape index (κ3) is 6.03. The van der Waals surface area contributed by atoms with Crippen molar-refractivity contribution in [1.82, 2.24) is 10.2 Å². The molecule has 2 N–H and O–H groups in total. The predicted octanol–water partition coefficient (Wildman–Crippen LogP) is 5.10. The third-order valence-electron chi connectivity index (χ3n) is 3.89. The molecule has 0 aliphatic rings. The maximum atomic E-state index is 12.4. The molecule has 29 heavy (non-hydrogen) atoms. The maximum Gasteiger partial charge on any atom is 0.257 e. The van der Waals surface area contributed by atoms with E-state index in [1.165, 1.54) is 23.1 Å². The van der Waals surface area contributed by atoms with Gasteiger partial charge in [0.2, 0.25) is 11.0 Å². The second-order valence-electron chi connectivity index (χ2n) is 6.50. The van der Waals surface area contributed by atoms with Crippen LogP contribution in [0.1, 0.15) is 27.0 Å². The number of hydrogen-bond donors (Lipinski definition) is 2. The molecule has 1 heterocycles. The van der Waals surface area contributed by atoms with Gasteiger partial charge in [-0.05, 0) is 50.6 Å². The van der Waals surface area contributed by atoms with Crippen LogP contribution in [-0.4, -0.2) is 27.8 Å². The number of hydrogen-bond acceptors (Lipinski definition) is 6. The third-order valence-corrected chi connectivity index (χ3v) is 6.27. The average molecular weight is 447 g/mol. The normalized spacial score (nSPS) is 10.6. The van der Waals surface area contributed by atoms with Gasteiger partial charge in [0.25, 0.3) is 5.91 Å². The van der Waals surface area contributed by atoms with E-state index >= 15 is 0 Å². The number of rotatable bonds is 6. The van der Waals surface area contributed by atoms with E-state index in [9.17, 15) is 9.59 Å². The van der Waals surface area contributed by atoms with Gasteiger partial charge in [0.15, 0.2) is 4.34 Å². The van der Waals surface area contributed by atoms with Crippen LogP contribution in [0.4, 0.5) is 10.8 Å². The van der Waals surface area contributed by atoms with E-state index in [0.717, 1.165) is 16.7 Å². The number of thioether (sulfide) groups is 1. The summed E-state index contributed by atoms with van der Waals surface area (Å²) in [6.07, 6.45) is 0. The highest BCUT2D eigenvalue weighted by atomic mass is 35.5. The second-order valence-corrected chi connectivity index (χ2v) is 9.11. The minimum absolute atomic E-state index is 0.172. The van der Waals surface area contributed by atoms with Crippen LogP contribution in [-0.2, 0) is 4.79 Å². The molecule has 0 spiro atoms. The van der Waals surface area contributed by atoms with Gasteiger partial charge in [-0.15, -0.1) is 10.2 Å². The number of benzene rings is 2. The summed E-state index contributed by atoms with van der Waals surface area (Å²) in [7, 11) is 0. The van der Waals surface area contributed by atoms with Crippen LogP contribution in [0.25, 0.3) is 0 Å². The molecule has 0 aliphatic heterocycles. The van der Waals surface area contributed by atoms with Gasteiger partial charge >= 0.3 is 0 Å². The van der Waals surface area contributed by atoms with Gasteiger partial charge in [-0.3, -0.25) is 14.9 Å². The molecule has 2 amide bonds. The first-order valence-electron chi connectivity index (χ1n) is 8.72. The molecule has 2 aromatic carbocycles. The lowest BCUT2D eigenvalue weighted by molar-refractivity contribution is -0.113. The second kappa shape index (κ2) is 9.39. The Balaban J connectivity index is 1.53. The first-order valence-corrected chi connectivity index (χ1v) is 10.9.